The van der Waals surface area contributed by atoms with Crippen LogP contribution in [0.1, 0.15) is 47.0 Å². The van der Waals surface area contributed by atoms with E-state index in [1.54, 1.807) is 13.8 Å². The average Bonchev–Trinajstić information content (AvgIpc) is 3.02. The van der Waals surface area contributed by atoms with Gasteiger partial charge in [-0.05, 0) is 41.3 Å². The maximum absolute atomic E-state index is 13.9. The minimum atomic E-state index is -1.29. The first-order valence-corrected chi connectivity index (χ1v) is 16.2. The van der Waals surface area contributed by atoms with Crippen molar-refractivity contribution in [3.05, 3.63) is 0 Å². The molecule has 0 bridgehead atoms. The summed E-state index contributed by atoms with van der Waals surface area (Å²) in [6.45, 7) is 7.12. The fraction of sp³-hybridized carbons (Fsp3) is 0.724. The molecule has 18 nitrogen and oxygen atoms in total. The average molecular weight is 704 g/mol. The SMILES string of the molecule is CCCC(=O)N(C)[C@H](SCCN(C)C)C(=O)N(C)[C@@H](CC(C)(C)OC)C(=O)NC(=O)N(C)C(=O)NC(=O)NC(C)C(=O)N(C)C(=O)NC. The number of rotatable bonds is 15. The summed E-state index contributed by atoms with van der Waals surface area (Å²) in [6.07, 6.45) is 0.732. The van der Waals surface area contributed by atoms with Gasteiger partial charge in [0.25, 0.3) is 17.7 Å². The number of thioether (sulfide) groups is 1. The van der Waals surface area contributed by atoms with Gasteiger partial charge >= 0.3 is 24.1 Å². The number of carbonyl (C=O) groups excluding carboxylic acids is 8. The summed E-state index contributed by atoms with van der Waals surface area (Å²) >= 11 is 1.24. The first-order valence-electron chi connectivity index (χ1n) is 15.2. The lowest BCUT2D eigenvalue weighted by molar-refractivity contribution is -0.145. The Balaban J connectivity index is 5.93. The zero-order valence-corrected chi connectivity index (χ0v) is 30.9. The lowest BCUT2D eigenvalue weighted by Crippen LogP contribution is -2.58. The lowest BCUT2D eigenvalue weighted by atomic mass is 9.97. The maximum Gasteiger partial charge on any atom is 0.333 e. The van der Waals surface area contributed by atoms with E-state index in [2.05, 4.69) is 16.0 Å². The Bertz CT molecular complexity index is 1180. The molecule has 0 saturated carbocycles. The molecule has 3 atom stereocenters. The van der Waals surface area contributed by atoms with Gasteiger partial charge in [-0.1, -0.05) is 6.92 Å². The summed E-state index contributed by atoms with van der Waals surface area (Å²) in [6, 6.07) is -6.85. The van der Waals surface area contributed by atoms with Crippen LogP contribution >= 0.6 is 11.8 Å². The van der Waals surface area contributed by atoms with E-state index in [4.69, 9.17) is 4.74 Å². The number of hydrogen-bond acceptors (Lipinski definition) is 11. The summed E-state index contributed by atoms with van der Waals surface area (Å²) in [7, 11) is 11.6. The van der Waals surface area contributed by atoms with Crippen molar-refractivity contribution in [3.8, 4) is 0 Å². The monoisotopic (exact) mass is 703 g/mol. The predicted molar refractivity (Wildman–Crippen MR) is 180 cm³/mol. The minimum Gasteiger partial charge on any atom is -0.379 e. The van der Waals surface area contributed by atoms with E-state index >= 15 is 0 Å². The van der Waals surface area contributed by atoms with E-state index in [1.807, 2.05) is 31.2 Å². The highest BCUT2D eigenvalue weighted by molar-refractivity contribution is 8.00. The van der Waals surface area contributed by atoms with Crippen molar-refractivity contribution in [2.24, 2.45) is 0 Å². The lowest BCUT2D eigenvalue weighted by Gasteiger charge is -2.37. The molecule has 48 heavy (non-hydrogen) atoms. The number of urea groups is 4. The number of hydrogen-bond donors (Lipinski definition) is 4. The second kappa shape index (κ2) is 20.4. The minimum absolute atomic E-state index is 0.0682. The molecule has 12 amide bonds. The third kappa shape index (κ3) is 14.0. The van der Waals surface area contributed by atoms with Gasteiger partial charge in [-0.3, -0.25) is 34.7 Å². The number of amides is 12. The van der Waals surface area contributed by atoms with Gasteiger partial charge in [0.05, 0.1) is 5.60 Å². The molecule has 19 heteroatoms. The third-order valence-electron chi connectivity index (χ3n) is 7.22. The molecule has 0 heterocycles. The van der Waals surface area contributed by atoms with Gasteiger partial charge in [0.1, 0.15) is 12.1 Å². The van der Waals surface area contributed by atoms with Crippen LogP contribution in [0.5, 0.6) is 0 Å². The molecule has 0 aliphatic carbocycles. The van der Waals surface area contributed by atoms with Crippen molar-refractivity contribution in [1.29, 1.82) is 0 Å². The van der Waals surface area contributed by atoms with Crippen LogP contribution in [0.25, 0.3) is 0 Å². The molecular weight excluding hydrogens is 650 g/mol. The molecule has 1 unspecified atom stereocenters. The second-order valence-corrected chi connectivity index (χ2v) is 13.0. The van der Waals surface area contributed by atoms with Crippen molar-refractivity contribution >= 4 is 59.5 Å². The standard InChI is InChI=1S/C29H53N9O9S/c1-13-14-20(39)36(9)24(48-16-15-34(6)7)23(42)35(8)19(17-29(3,4)47-12)21(40)32-27(45)38(11)28(46)33-25(43)31-18(2)22(41)37(10)26(44)30-5/h18-19,24H,13-17H2,1-12H3,(H,30,44)(H,32,40,45)(H2,31,33,43,46)/t18?,19-,24+/m0/s1. The van der Waals surface area contributed by atoms with E-state index in [9.17, 15) is 38.4 Å². The Hall–Kier alpha value is -3.97. The first kappa shape index (κ1) is 44.0. The molecule has 0 aromatic carbocycles. The quantitative estimate of drug-likeness (QED) is 0.170. The number of ether oxygens (including phenoxy) is 1. The topological polar surface area (TPSA) is 210 Å². The maximum atomic E-state index is 13.9. The molecule has 0 aliphatic heterocycles. The summed E-state index contributed by atoms with van der Waals surface area (Å²) in [4.78, 5) is 108. The number of likely N-dealkylation sites (N-methyl/N-ethyl adjacent to an activating group) is 3. The van der Waals surface area contributed by atoms with E-state index < -0.39 is 64.9 Å². The highest BCUT2D eigenvalue weighted by Gasteiger charge is 2.39. The molecule has 0 radical (unpaired) electrons. The fourth-order valence-corrected chi connectivity index (χ4v) is 5.24. The van der Waals surface area contributed by atoms with E-state index in [1.165, 1.54) is 58.9 Å². The Kier molecular flexibility index (Phi) is 18.7. The highest BCUT2D eigenvalue weighted by atomic mass is 32.2. The van der Waals surface area contributed by atoms with Gasteiger partial charge in [0, 0.05) is 67.5 Å². The van der Waals surface area contributed by atoms with Crippen LogP contribution in [-0.2, 0) is 23.9 Å². The Morgan fingerprint density at radius 1 is 0.812 bits per heavy atom. The summed E-state index contributed by atoms with van der Waals surface area (Å²) in [5.74, 6) is -2.02. The van der Waals surface area contributed by atoms with Crippen LogP contribution in [0.3, 0.4) is 0 Å². The molecule has 4 N–H and O–H groups in total. The van der Waals surface area contributed by atoms with Gasteiger partial charge < -0.3 is 30.1 Å². The summed E-state index contributed by atoms with van der Waals surface area (Å²) < 4.78 is 5.49. The molecule has 0 aromatic heterocycles. The molecule has 274 valence electrons. The van der Waals surface area contributed by atoms with Crippen molar-refractivity contribution in [3.63, 3.8) is 0 Å². The molecule has 0 spiro atoms. The van der Waals surface area contributed by atoms with Gasteiger partial charge in [0.15, 0.2) is 5.37 Å². The zero-order chi connectivity index (χ0) is 37.5. The van der Waals surface area contributed by atoms with Crippen LogP contribution in [-0.4, -0.2) is 164 Å². The van der Waals surface area contributed by atoms with Crippen LogP contribution in [0, 0.1) is 0 Å². The summed E-state index contributed by atoms with van der Waals surface area (Å²) in [5.41, 5.74) is -0.946. The Morgan fingerprint density at radius 2 is 1.38 bits per heavy atom. The Labute approximate surface area is 286 Å². The van der Waals surface area contributed by atoms with Crippen LogP contribution in [0.4, 0.5) is 19.2 Å². The van der Waals surface area contributed by atoms with Crippen LogP contribution in [0.15, 0.2) is 0 Å². The van der Waals surface area contributed by atoms with Crippen LogP contribution in [0.2, 0.25) is 0 Å². The molecule has 0 aromatic rings. The second-order valence-electron chi connectivity index (χ2n) is 11.8. The van der Waals surface area contributed by atoms with E-state index in [0.29, 0.717) is 23.6 Å². The van der Waals surface area contributed by atoms with Gasteiger partial charge in [-0.2, -0.15) is 0 Å². The highest BCUT2D eigenvalue weighted by Crippen LogP contribution is 2.24. The van der Waals surface area contributed by atoms with Crippen LogP contribution < -0.4 is 21.3 Å². The largest absolute Gasteiger partial charge is 0.379 e. The number of methoxy groups -OCH3 is 1. The molecule has 0 fully saturated rings. The fourth-order valence-electron chi connectivity index (χ4n) is 3.90. The zero-order valence-electron chi connectivity index (χ0n) is 30.1. The first-order chi connectivity index (χ1) is 22.1. The predicted octanol–water partition coefficient (Wildman–Crippen LogP) is 0.281. The molecular formula is C29H53N9O9S. The van der Waals surface area contributed by atoms with Crippen molar-refractivity contribution in [2.75, 3.05) is 68.7 Å². The van der Waals surface area contributed by atoms with Crippen molar-refractivity contribution in [1.82, 2.24) is 45.8 Å². The van der Waals surface area contributed by atoms with Gasteiger partial charge in [-0.15, -0.1) is 11.8 Å². The summed E-state index contributed by atoms with van der Waals surface area (Å²) in [5, 5.41) is 7.41. The normalized spacial score (nSPS) is 12.9. The van der Waals surface area contributed by atoms with Crippen molar-refractivity contribution in [2.45, 2.75) is 70.0 Å². The number of nitrogens with one attached hydrogen (secondary N) is 4. The van der Waals surface area contributed by atoms with Gasteiger partial charge in [-0.25, -0.2) is 24.1 Å². The number of imide groups is 4. The van der Waals surface area contributed by atoms with Crippen molar-refractivity contribution < 1.29 is 43.1 Å². The van der Waals surface area contributed by atoms with E-state index in [0.717, 1.165) is 16.8 Å². The Morgan fingerprint density at radius 3 is 1.88 bits per heavy atom. The molecule has 0 rings (SSSR count). The number of nitrogens with zero attached hydrogens (tertiary/aromatic N) is 5. The molecule has 0 aliphatic rings. The third-order valence-corrected chi connectivity index (χ3v) is 8.47. The number of carbonyl (C=O) groups is 8. The van der Waals surface area contributed by atoms with E-state index in [-0.39, 0.29) is 18.7 Å². The van der Waals surface area contributed by atoms with Gasteiger partial charge in [0.2, 0.25) is 5.91 Å². The smallest absolute Gasteiger partial charge is 0.333 e. The molecule has 0 saturated heterocycles.